The second kappa shape index (κ2) is 9.17. The zero-order chi connectivity index (χ0) is 22.8. The molecule has 1 N–H and O–H groups in total. The molecule has 1 amide bonds. The molecule has 1 aliphatic heterocycles. The molecule has 3 aromatic carbocycles. The Kier molecular flexibility index (Phi) is 5.94. The minimum absolute atomic E-state index is 0.242. The van der Waals surface area contributed by atoms with Gasteiger partial charge in [-0.25, -0.2) is 0 Å². The number of benzene rings is 3. The van der Waals surface area contributed by atoms with Crippen LogP contribution in [0.15, 0.2) is 71.3 Å². The number of ether oxygens (including phenoxy) is 2. The Morgan fingerprint density at radius 3 is 2.58 bits per heavy atom. The maximum Gasteiger partial charge on any atom is 0.258 e. The number of nitrogens with zero attached hydrogens (tertiary/aromatic N) is 1. The molecule has 2 heterocycles. The zero-order valence-corrected chi connectivity index (χ0v) is 18.8. The van der Waals surface area contributed by atoms with E-state index in [1.54, 1.807) is 48.5 Å². The van der Waals surface area contributed by atoms with Crippen molar-refractivity contribution >= 4 is 35.0 Å². The van der Waals surface area contributed by atoms with Gasteiger partial charge in [-0.1, -0.05) is 40.5 Å². The Morgan fingerprint density at radius 2 is 1.79 bits per heavy atom. The molecule has 1 aliphatic rings. The lowest BCUT2D eigenvalue weighted by molar-refractivity contribution is 0.102. The zero-order valence-electron chi connectivity index (χ0n) is 17.3. The first-order valence-corrected chi connectivity index (χ1v) is 11.1. The first kappa shape index (κ1) is 21.4. The normalized spacial score (nSPS) is 12.5. The smallest absolute Gasteiger partial charge is 0.258 e. The molecule has 0 saturated heterocycles. The van der Waals surface area contributed by atoms with Crippen LogP contribution in [0.1, 0.15) is 22.3 Å². The van der Waals surface area contributed by atoms with E-state index in [0.29, 0.717) is 39.4 Å². The Morgan fingerprint density at radius 1 is 1.00 bits per heavy atom. The SMILES string of the molecule is O=C(Nc1cc(-c2ccc(Cl)cc2)no1)c1ccc(Oc2cc3c(cc2Cl)CCCO3)cc1. The quantitative estimate of drug-likeness (QED) is 0.332. The first-order valence-electron chi connectivity index (χ1n) is 10.3. The van der Waals surface area contributed by atoms with Gasteiger partial charge in [0.05, 0.1) is 11.6 Å². The van der Waals surface area contributed by atoms with E-state index in [-0.39, 0.29) is 11.8 Å². The third kappa shape index (κ3) is 4.82. The molecule has 4 aromatic rings. The maximum absolute atomic E-state index is 12.6. The van der Waals surface area contributed by atoms with Crippen LogP contribution < -0.4 is 14.8 Å². The predicted molar refractivity (Wildman–Crippen MR) is 127 cm³/mol. The van der Waals surface area contributed by atoms with E-state index in [4.69, 9.17) is 37.2 Å². The van der Waals surface area contributed by atoms with Crippen LogP contribution in [-0.2, 0) is 6.42 Å². The average molecular weight is 481 g/mol. The number of aromatic nitrogens is 1. The molecule has 6 nitrogen and oxygen atoms in total. The summed E-state index contributed by atoms with van der Waals surface area (Å²) >= 11 is 12.3. The summed E-state index contributed by atoms with van der Waals surface area (Å²) in [5.74, 6) is 1.76. The molecular formula is C25H18Cl2N2O4. The van der Waals surface area contributed by atoms with Crippen molar-refractivity contribution < 1.29 is 18.8 Å². The van der Waals surface area contributed by atoms with E-state index in [9.17, 15) is 4.79 Å². The highest BCUT2D eigenvalue weighted by molar-refractivity contribution is 6.32. The monoisotopic (exact) mass is 480 g/mol. The summed E-state index contributed by atoms with van der Waals surface area (Å²) in [6.45, 7) is 0.685. The highest BCUT2D eigenvalue weighted by atomic mass is 35.5. The van der Waals surface area contributed by atoms with E-state index in [1.165, 1.54) is 0 Å². The lowest BCUT2D eigenvalue weighted by Gasteiger charge is -2.19. The number of hydrogen-bond donors (Lipinski definition) is 1. The lowest BCUT2D eigenvalue weighted by atomic mass is 10.1. The van der Waals surface area contributed by atoms with Gasteiger partial charge in [0.1, 0.15) is 22.9 Å². The number of anilines is 1. The van der Waals surface area contributed by atoms with Gasteiger partial charge >= 0.3 is 0 Å². The second-order valence-corrected chi connectivity index (χ2v) is 8.35. The Labute approximate surface area is 200 Å². The summed E-state index contributed by atoms with van der Waals surface area (Å²) in [7, 11) is 0. The van der Waals surface area contributed by atoms with Gasteiger partial charge in [0.25, 0.3) is 5.91 Å². The summed E-state index contributed by atoms with van der Waals surface area (Å²) in [6, 6.07) is 19.2. The number of rotatable bonds is 5. The molecule has 166 valence electrons. The van der Waals surface area contributed by atoms with Crippen LogP contribution in [0.4, 0.5) is 5.88 Å². The molecule has 0 atom stereocenters. The molecule has 5 rings (SSSR count). The highest BCUT2D eigenvalue weighted by Crippen LogP contribution is 2.37. The van der Waals surface area contributed by atoms with E-state index in [0.717, 1.165) is 29.7 Å². The number of amides is 1. The van der Waals surface area contributed by atoms with Crippen LogP contribution in [0.2, 0.25) is 10.0 Å². The topological polar surface area (TPSA) is 73.6 Å². The van der Waals surface area contributed by atoms with Crippen molar-refractivity contribution in [2.75, 3.05) is 11.9 Å². The molecule has 8 heteroatoms. The Bertz CT molecular complexity index is 1300. The summed E-state index contributed by atoms with van der Waals surface area (Å²) in [5, 5.41) is 7.83. The fraction of sp³-hybridized carbons (Fsp3) is 0.120. The van der Waals surface area contributed by atoms with E-state index >= 15 is 0 Å². The minimum Gasteiger partial charge on any atom is -0.493 e. The van der Waals surface area contributed by atoms with Crippen molar-refractivity contribution in [2.45, 2.75) is 12.8 Å². The second-order valence-electron chi connectivity index (χ2n) is 7.51. The van der Waals surface area contributed by atoms with Crippen LogP contribution in [0.25, 0.3) is 11.3 Å². The van der Waals surface area contributed by atoms with Crippen molar-refractivity contribution in [3.63, 3.8) is 0 Å². The van der Waals surface area contributed by atoms with Gasteiger partial charge < -0.3 is 14.0 Å². The van der Waals surface area contributed by atoms with Crippen LogP contribution in [0.3, 0.4) is 0 Å². The van der Waals surface area contributed by atoms with Gasteiger partial charge in [0, 0.05) is 28.3 Å². The Hall–Kier alpha value is -3.48. The van der Waals surface area contributed by atoms with E-state index < -0.39 is 0 Å². The molecule has 0 bridgehead atoms. The third-order valence-electron chi connectivity index (χ3n) is 5.19. The number of hydrogen-bond acceptors (Lipinski definition) is 5. The van der Waals surface area contributed by atoms with E-state index in [1.807, 2.05) is 18.2 Å². The molecular weight excluding hydrogens is 463 g/mol. The fourth-order valence-corrected chi connectivity index (χ4v) is 3.86. The molecule has 0 aliphatic carbocycles. The van der Waals surface area contributed by atoms with Gasteiger partial charge in [-0.15, -0.1) is 0 Å². The summed E-state index contributed by atoms with van der Waals surface area (Å²) in [5.41, 5.74) is 2.94. The van der Waals surface area contributed by atoms with Gasteiger partial charge in [0.2, 0.25) is 5.88 Å². The molecule has 0 spiro atoms. The van der Waals surface area contributed by atoms with Gasteiger partial charge in [0.15, 0.2) is 0 Å². The van der Waals surface area contributed by atoms with Crippen molar-refractivity contribution in [2.24, 2.45) is 0 Å². The molecule has 0 fully saturated rings. The third-order valence-corrected chi connectivity index (χ3v) is 5.74. The van der Waals surface area contributed by atoms with Crippen molar-refractivity contribution in [3.05, 3.63) is 87.9 Å². The summed E-state index contributed by atoms with van der Waals surface area (Å²) < 4.78 is 16.8. The molecule has 0 unspecified atom stereocenters. The van der Waals surface area contributed by atoms with Gasteiger partial charge in [-0.05, 0) is 60.9 Å². The van der Waals surface area contributed by atoms with E-state index in [2.05, 4.69) is 10.5 Å². The van der Waals surface area contributed by atoms with Gasteiger partial charge in [-0.3, -0.25) is 10.1 Å². The lowest BCUT2D eigenvalue weighted by Crippen LogP contribution is -2.11. The number of fused-ring (bicyclic) bond motifs is 1. The minimum atomic E-state index is -0.333. The molecule has 33 heavy (non-hydrogen) atoms. The molecule has 0 radical (unpaired) electrons. The average Bonchev–Trinajstić information content (AvgIpc) is 3.29. The molecule has 0 saturated carbocycles. The number of nitrogens with one attached hydrogen (secondary N) is 1. The first-order chi connectivity index (χ1) is 16.0. The van der Waals surface area contributed by atoms with Crippen molar-refractivity contribution in [3.8, 4) is 28.5 Å². The van der Waals surface area contributed by atoms with Crippen molar-refractivity contribution in [1.82, 2.24) is 5.16 Å². The summed E-state index contributed by atoms with van der Waals surface area (Å²) in [6.07, 6.45) is 1.91. The van der Waals surface area contributed by atoms with Crippen molar-refractivity contribution in [1.29, 1.82) is 0 Å². The van der Waals surface area contributed by atoms with Crippen LogP contribution in [0, 0.1) is 0 Å². The fourth-order valence-electron chi connectivity index (χ4n) is 3.50. The predicted octanol–water partition coefficient (Wildman–Crippen LogP) is 7.02. The summed E-state index contributed by atoms with van der Waals surface area (Å²) in [4.78, 5) is 12.6. The number of carbonyl (C=O) groups is 1. The largest absolute Gasteiger partial charge is 0.493 e. The standard InChI is InChI=1S/C25H18Cl2N2O4/c26-18-7-3-15(4-8-18)21-13-24(33-29-21)28-25(30)16-5-9-19(10-6-16)32-23-14-22-17(12-20(23)27)2-1-11-31-22/h3-10,12-14H,1-2,11H2,(H,28,30). The van der Waals surface area contributed by atoms with Gasteiger partial charge in [-0.2, -0.15) is 0 Å². The maximum atomic E-state index is 12.6. The van der Waals surface area contributed by atoms with Crippen LogP contribution >= 0.6 is 23.2 Å². The van der Waals surface area contributed by atoms with Crippen LogP contribution in [0.5, 0.6) is 17.2 Å². The number of carbonyl (C=O) groups excluding carboxylic acids is 1. The van der Waals surface area contributed by atoms with Crippen LogP contribution in [-0.4, -0.2) is 17.7 Å². The highest BCUT2D eigenvalue weighted by Gasteiger charge is 2.16. The number of halogens is 2. The molecule has 1 aromatic heterocycles. The Balaban J connectivity index is 1.25. The number of aryl methyl sites for hydroxylation is 1.